The Kier molecular flexibility index (Phi) is 11.5. The van der Waals surface area contributed by atoms with Crippen LogP contribution in [-0.4, -0.2) is 104 Å². The lowest BCUT2D eigenvalue weighted by atomic mass is 9.89. The van der Waals surface area contributed by atoms with Gasteiger partial charge in [-0.3, -0.25) is 9.59 Å². The summed E-state index contributed by atoms with van der Waals surface area (Å²) in [4.78, 5) is 71.9. The van der Waals surface area contributed by atoms with Crippen molar-refractivity contribution in [2.75, 3.05) is 33.4 Å². The van der Waals surface area contributed by atoms with Crippen molar-refractivity contribution < 1.29 is 33.8 Å². The van der Waals surface area contributed by atoms with Crippen LogP contribution in [0.15, 0.2) is 60.8 Å². The lowest BCUT2D eigenvalue weighted by molar-refractivity contribution is -0.137. The molecule has 324 valence electrons. The molecule has 3 saturated heterocycles. The first-order valence-electron chi connectivity index (χ1n) is 21.9. The highest BCUT2D eigenvalue weighted by Gasteiger charge is 2.41. The Balaban J connectivity index is 0.905. The van der Waals surface area contributed by atoms with Crippen molar-refractivity contribution in [1.82, 2.24) is 40.4 Å². The predicted octanol–water partition coefficient (Wildman–Crippen LogP) is 7.16. The number of amides is 4. The van der Waals surface area contributed by atoms with Gasteiger partial charge < -0.3 is 45.0 Å². The van der Waals surface area contributed by atoms with E-state index in [4.69, 9.17) is 19.4 Å². The van der Waals surface area contributed by atoms with Gasteiger partial charge >= 0.3 is 12.2 Å². The SMILES string of the molecule is COC(=O)N[C@H](C(=O)N1CCC[C@H]1c1nc2c([nH]1)-c1ccc(-c3ccc4cc(-c5cnc([C@@H]6CCCN6C(=O)[C@@H](NC(=O)O)C(C)C)[nH]5)ccc4c3)cc1CC2)C1CCOCC1. The number of hydrogen-bond acceptors (Lipinski definition) is 8. The predicted molar refractivity (Wildman–Crippen MR) is 232 cm³/mol. The number of H-pyrrole nitrogens is 2. The molecule has 5 N–H and O–H groups in total. The summed E-state index contributed by atoms with van der Waals surface area (Å²) in [6.45, 7) is 5.96. The number of aryl methyl sites for hydroxylation is 2. The second kappa shape index (κ2) is 17.3. The molecule has 0 unspecified atom stereocenters. The highest BCUT2D eigenvalue weighted by molar-refractivity contribution is 5.91. The van der Waals surface area contributed by atoms with Crippen LogP contribution in [0.5, 0.6) is 0 Å². The Morgan fingerprint density at radius 3 is 2.18 bits per heavy atom. The first kappa shape index (κ1) is 41.1. The van der Waals surface area contributed by atoms with Crippen LogP contribution in [0.25, 0.3) is 44.4 Å². The van der Waals surface area contributed by atoms with Gasteiger partial charge in [0.15, 0.2) is 0 Å². The number of hydrogen-bond donors (Lipinski definition) is 5. The Morgan fingerprint density at radius 2 is 1.47 bits per heavy atom. The number of aromatic nitrogens is 4. The van der Waals surface area contributed by atoms with Gasteiger partial charge in [-0.2, -0.15) is 0 Å². The fourth-order valence-corrected chi connectivity index (χ4v) is 9.96. The van der Waals surface area contributed by atoms with Crippen molar-refractivity contribution in [1.29, 1.82) is 0 Å². The number of carbonyl (C=O) groups is 4. The average Bonchev–Trinajstić information content (AvgIpc) is 4.13. The topological polar surface area (TPSA) is 195 Å². The maximum atomic E-state index is 14.1. The van der Waals surface area contributed by atoms with Crippen molar-refractivity contribution in [3.63, 3.8) is 0 Å². The molecule has 2 aromatic heterocycles. The van der Waals surface area contributed by atoms with Crippen LogP contribution in [0.1, 0.15) is 87.4 Å². The summed E-state index contributed by atoms with van der Waals surface area (Å²) in [7, 11) is 1.32. The Hall–Kier alpha value is -6.22. The number of nitrogens with one attached hydrogen (secondary N) is 4. The molecule has 15 nitrogen and oxygen atoms in total. The fraction of sp³-hybridized carbons (Fsp3) is 0.447. The van der Waals surface area contributed by atoms with Gasteiger partial charge in [-0.25, -0.2) is 19.6 Å². The molecule has 4 atom stereocenters. The summed E-state index contributed by atoms with van der Waals surface area (Å²) in [5, 5.41) is 16.8. The van der Waals surface area contributed by atoms with Gasteiger partial charge in [0, 0.05) is 37.4 Å². The fourth-order valence-electron chi connectivity index (χ4n) is 9.96. The van der Waals surface area contributed by atoms with Gasteiger partial charge in [-0.05, 0) is 103 Å². The summed E-state index contributed by atoms with van der Waals surface area (Å²) < 4.78 is 10.5. The van der Waals surface area contributed by atoms with Gasteiger partial charge in [-0.1, -0.05) is 56.3 Å². The first-order valence-corrected chi connectivity index (χ1v) is 21.9. The number of rotatable bonds is 10. The highest BCUT2D eigenvalue weighted by Crippen LogP contribution is 2.40. The van der Waals surface area contributed by atoms with Crippen molar-refractivity contribution in [2.24, 2.45) is 11.8 Å². The minimum Gasteiger partial charge on any atom is -0.465 e. The second-order valence-corrected chi connectivity index (χ2v) is 17.4. The Bertz CT molecular complexity index is 2510. The number of nitrogens with zero attached hydrogens (tertiary/aromatic N) is 4. The van der Waals surface area contributed by atoms with Crippen LogP contribution < -0.4 is 10.6 Å². The zero-order chi connectivity index (χ0) is 43.1. The number of alkyl carbamates (subject to hydrolysis) is 1. The third kappa shape index (κ3) is 8.01. The smallest absolute Gasteiger partial charge is 0.407 e. The van der Waals surface area contributed by atoms with E-state index in [-0.39, 0.29) is 35.7 Å². The largest absolute Gasteiger partial charge is 0.465 e. The van der Waals surface area contributed by atoms with Crippen LogP contribution >= 0.6 is 0 Å². The molecule has 5 aromatic rings. The number of carboxylic acid groups (broad SMARTS) is 1. The Morgan fingerprint density at radius 1 is 0.806 bits per heavy atom. The summed E-state index contributed by atoms with van der Waals surface area (Å²) in [6.07, 6.45) is 6.27. The molecular formula is C47H54N8O7. The normalized spacial score (nSPS) is 19.9. The zero-order valence-electron chi connectivity index (χ0n) is 35.4. The molecule has 1 aliphatic carbocycles. The molecule has 0 spiro atoms. The lowest BCUT2D eigenvalue weighted by Gasteiger charge is -2.34. The van der Waals surface area contributed by atoms with Crippen LogP contribution in [0.4, 0.5) is 9.59 Å². The number of fused-ring (bicyclic) bond motifs is 4. The zero-order valence-corrected chi connectivity index (χ0v) is 35.4. The quantitative estimate of drug-likeness (QED) is 0.0970. The molecule has 5 heterocycles. The standard InChI is InChI=1S/C47H54N8O7/c1-26(2)39(52-46(58)59)44(56)54-18-4-6-37(54)42-48-25-36(50-42)33-11-10-29-22-28(8-9-30(29)24-33)31-12-14-34-32(23-31)13-15-35-41(34)51-43(49-35)38-7-5-19-55(38)45(57)40(53-47(60)61-3)27-16-20-62-21-17-27/h8-12,14,22-27,37-40,52H,4-7,13,15-21H2,1-3H3,(H,48,50)(H,49,51)(H,53,60)(H,58,59)/t37-,38-,39-,40-/m0/s1. The van der Waals surface area contributed by atoms with Crippen LogP contribution in [0, 0.1) is 11.8 Å². The van der Waals surface area contributed by atoms with Gasteiger partial charge in [-0.15, -0.1) is 0 Å². The highest BCUT2D eigenvalue weighted by atomic mass is 16.5. The first-order chi connectivity index (χ1) is 30.1. The van der Waals surface area contributed by atoms with Gasteiger partial charge in [0.25, 0.3) is 0 Å². The van der Waals surface area contributed by atoms with Crippen molar-refractivity contribution >= 4 is 34.8 Å². The number of benzene rings is 3. The van der Waals surface area contributed by atoms with E-state index in [9.17, 15) is 24.3 Å². The molecule has 4 amide bonds. The average molecular weight is 843 g/mol. The summed E-state index contributed by atoms with van der Waals surface area (Å²) >= 11 is 0. The van der Waals surface area contributed by atoms with Crippen LogP contribution in [-0.2, 0) is 31.9 Å². The molecular weight excluding hydrogens is 789 g/mol. The number of carbonyl (C=O) groups excluding carboxylic acids is 3. The van der Waals surface area contributed by atoms with Crippen molar-refractivity contribution in [3.8, 4) is 33.6 Å². The molecule has 0 radical (unpaired) electrons. The van der Waals surface area contributed by atoms with E-state index in [0.717, 1.165) is 94.5 Å². The molecule has 3 aliphatic heterocycles. The Labute approximate surface area is 360 Å². The molecule has 0 saturated carbocycles. The van der Waals surface area contributed by atoms with Gasteiger partial charge in [0.05, 0.1) is 42.5 Å². The lowest BCUT2D eigenvalue weighted by Crippen LogP contribution is -2.53. The monoisotopic (exact) mass is 842 g/mol. The van der Waals surface area contributed by atoms with E-state index in [2.05, 4.69) is 75.2 Å². The maximum absolute atomic E-state index is 14.1. The van der Waals surface area contributed by atoms with Crippen molar-refractivity contribution in [2.45, 2.75) is 89.4 Å². The maximum Gasteiger partial charge on any atom is 0.407 e. The summed E-state index contributed by atoms with van der Waals surface area (Å²) in [6, 6.07) is 17.5. The van der Waals surface area contributed by atoms with Gasteiger partial charge in [0.2, 0.25) is 11.8 Å². The molecule has 3 fully saturated rings. The summed E-state index contributed by atoms with van der Waals surface area (Å²) in [5.41, 5.74) is 8.49. The second-order valence-electron chi connectivity index (χ2n) is 17.4. The van der Waals surface area contributed by atoms with Crippen LogP contribution in [0.3, 0.4) is 0 Å². The van der Waals surface area contributed by atoms with E-state index in [1.807, 2.05) is 18.7 Å². The van der Waals surface area contributed by atoms with E-state index in [1.54, 1.807) is 11.1 Å². The molecule has 0 bridgehead atoms. The third-order valence-electron chi connectivity index (χ3n) is 13.3. The number of imidazole rings is 2. The molecule has 3 aromatic carbocycles. The van der Waals surface area contributed by atoms with E-state index >= 15 is 0 Å². The molecule has 62 heavy (non-hydrogen) atoms. The van der Waals surface area contributed by atoms with Gasteiger partial charge in [0.1, 0.15) is 23.7 Å². The van der Waals surface area contributed by atoms with E-state index in [0.29, 0.717) is 45.0 Å². The minimum atomic E-state index is -1.21. The minimum absolute atomic E-state index is 0.0240. The third-order valence-corrected chi connectivity index (χ3v) is 13.3. The van der Waals surface area contributed by atoms with E-state index < -0.39 is 24.3 Å². The number of ether oxygens (including phenoxy) is 2. The number of likely N-dealkylation sites (tertiary alicyclic amines) is 2. The molecule has 4 aliphatic rings. The molecule has 9 rings (SSSR count). The summed E-state index contributed by atoms with van der Waals surface area (Å²) in [5.74, 6) is 0.961. The van der Waals surface area contributed by atoms with Crippen LogP contribution in [0.2, 0.25) is 0 Å². The number of aromatic amines is 2. The number of methoxy groups -OCH3 is 1. The van der Waals surface area contributed by atoms with Crippen molar-refractivity contribution in [3.05, 3.63) is 83.7 Å². The van der Waals surface area contributed by atoms with E-state index in [1.165, 1.54) is 12.7 Å². The molecule has 15 heteroatoms.